The molecule has 1 fully saturated rings. The van der Waals surface area contributed by atoms with Gasteiger partial charge in [-0.15, -0.1) is 11.3 Å². The van der Waals surface area contributed by atoms with Crippen LogP contribution < -0.4 is 0 Å². The van der Waals surface area contributed by atoms with E-state index in [4.69, 9.17) is 0 Å². The zero-order chi connectivity index (χ0) is 16.7. The van der Waals surface area contributed by atoms with Gasteiger partial charge in [-0.2, -0.15) is 0 Å². The van der Waals surface area contributed by atoms with Gasteiger partial charge in [-0.25, -0.2) is 4.98 Å². The minimum atomic E-state index is 0.165. The molecule has 4 nitrogen and oxygen atoms in total. The van der Waals surface area contributed by atoms with Crippen molar-refractivity contribution in [2.24, 2.45) is 0 Å². The molecule has 0 aliphatic carbocycles. The van der Waals surface area contributed by atoms with Gasteiger partial charge in [0.2, 0.25) is 0 Å². The van der Waals surface area contributed by atoms with Crippen LogP contribution in [0.5, 0.6) is 0 Å². The Morgan fingerprint density at radius 3 is 2.75 bits per heavy atom. The van der Waals surface area contributed by atoms with Crippen LogP contribution in [0.25, 0.3) is 0 Å². The standard InChI is InChI=1S/C19H23N3OS/c1-13-18(24-14(2)20-13)19(23)22-10-8-17(12-22)21-9-7-15-5-3-4-6-16(15)11-21/h3-6,17H,7-12H2,1-2H3. The molecular formula is C19H23N3OS. The molecule has 24 heavy (non-hydrogen) atoms. The fourth-order valence-corrected chi connectivity index (χ4v) is 4.81. The quantitative estimate of drug-likeness (QED) is 0.842. The molecule has 0 radical (unpaired) electrons. The van der Waals surface area contributed by atoms with Crippen LogP contribution in [0.3, 0.4) is 0 Å². The third-order valence-corrected chi connectivity index (χ3v) is 6.29. The van der Waals surface area contributed by atoms with Gasteiger partial charge in [0, 0.05) is 32.2 Å². The fraction of sp³-hybridized carbons (Fsp3) is 0.474. The lowest BCUT2D eigenvalue weighted by Crippen LogP contribution is -2.41. The first-order valence-corrected chi connectivity index (χ1v) is 9.47. The van der Waals surface area contributed by atoms with E-state index >= 15 is 0 Å². The van der Waals surface area contributed by atoms with Gasteiger partial charge in [-0.05, 0) is 37.8 Å². The molecule has 0 bridgehead atoms. The molecule has 4 rings (SSSR count). The Kier molecular flexibility index (Phi) is 4.14. The molecule has 5 heteroatoms. The maximum absolute atomic E-state index is 12.8. The average molecular weight is 341 g/mol. The zero-order valence-corrected chi connectivity index (χ0v) is 15.1. The molecule has 0 spiro atoms. The molecule has 1 aromatic heterocycles. The molecule has 1 saturated heterocycles. The Hall–Kier alpha value is -1.72. The second-order valence-corrected chi connectivity index (χ2v) is 8.03. The summed E-state index contributed by atoms with van der Waals surface area (Å²) in [6.07, 6.45) is 2.19. The predicted molar refractivity (Wildman–Crippen MR) is 96.5 cm³/mol. The molecule has 0 saturated carbocycles. The highest BCUT2D eigenvalue weighted by Gasteiger charge is 2.33. The molecular weight excluding hydrogens is 318 g/mol. The minimum absolute atomic E-state index is 0.165. The number of carbonyl (C=O) groups is 1. The van der Waals surface area contributed by atoms with E-state index in [2.05, 4.69) is 34.1 Å². The zero-order valence-electron chi connectivity index (χ0n) is 14.3. The first kappa shape index (κ1) is 15.8. The highest BCUT2D eigenvalue weighted by atomic mass is 32.1. The molecule has 0 N–H and O–H groups in total. The summed E-state index contributed by atoms with van der Waals surface area (Å²) >= 11 is 1.52. The van der Waals surface area contributed by atoms with E-state index in [1.165, 1.54) is 22.5 Å². The van der Waals surface area contributed by atoms with E-state index in [1.54, 1.807) is 0 Å². The van der Waals surface area contributed by atoms with Gasteiger partial charge in [0.25, 0.3) is 5.91 Å². The fourth-order valence-electron chi connectivity index (χ4n) is 3.93. The number of likely N-dealkylation sites (tertiary alicyclic amines) is 1. The molecule has 126 valence electrons. The Morgan fingerprint density at radius 2 is 2.00 bits per heavy atom. The number of hydrogen-bond acceptors (Lipinski definition) is 4. The number of nitrogens with zero attached hydrogens (tertiary/aromatic N) is 3. The first-order valence-electron chi connectivity index (χ1n) is 8.66. The summed E-state index contributed by atoms with van der Waals surface area (Å²) in [5, 5.41) is 0.972. The highest BCUT2D eigenvalue weighted by molar-refractivity contribution is 7.13. The van der Waals surface area contributed by atoms with Gasteiger partial charge in [0.1, 0.15) is 4.88 Å². The van der Waals surface area contributed by atoms with E-state index in [9.17, 15) is 4.79 Å². The highest BCUT2D eigenvalue weighted by Crippen LogP contribution is 2.27. The average Bonchev–Trinajstić information content (AvgIpc) is 3.20. The Morgan fingerprint density at radius 1 is 1.21 bits per heavy atom. The lowest BCUT2D eigenvalue weighted by atomic mass is 9.98. The molecule has 2 aromatic rings. The van der Waals surface area contributed by atoms with Crippen LogP contribution in [-0.4, -0.2) is 46.4 Å². The molecule has 1 amide bonds. The van der Waals surface area contributed by atoms with Crippen LogP contribution in [0.1, 0.15) is 37.9 Å². The number of benzene rings is 1. The van der Waals surface area contributed by atoms with Crippen LogP contribution in [0.15, 0.2) is 24.3 Å². The Bertz CT molecular complexity index is 770. The van der Waals surface area contributed by atoms with Crippen LogP contribution in [-0.2, 0) is 13.0 Å². The minimum Gasteiger partial charge on any atom is -0.336 e. The van der Waals surface area contributed by atoms with Crippen molar-refractivity contribution in [1.82, 2.24) is 14.8 Å². The molecule has 2 aliphatic rings. The predicted octanol–water partition coefficient (Wildman–Crippen LogP) is 3.03. The van der Waals surface area contributed by atoms with Crippen LogP contribution in [0, 0.1) is 13.8 Å². The number of amides is 1. The maximum atomic E-state index is 12.8. The van der Waals surface area contributed by atoms with Crippen molar-refractivity contribution in [3.8, 4) is 0 Å². The molecule has 1 unspecified atom stereocenters. The third kappa shape index (κ3) is 2.87. The van der Waals surface area contributed by atoms with Gasteiger partial charge in [0.15, 0.2) is 0 Å². The van der Waals surface area contributed by atoms with Crippen molar-refractivity contribution in [2.45, 2.75) is 39.3 Å². The maximum Gasteiger partial charge on any atom is 0.265 e. The monoisotopic (exact) mass is 341 g/mol. The lowest BCUT2D eigenvalue weighted by Gasteiger charge is -2.33. The number of fused-ring (bicyclic) bond motifs is 1. The smallest absolute Gasteiger partial charge is 0.265 e. The van der Waals surface area contributed by atoms with E-state index in [0.717, 1.165) is 54.6 Å². The molecule has 1 atom stereocenters. The van der Waals surface area contributed by atoms with Crippen LogP contribution in [0.2, 0.25) is 0 Å². The van der Waals surface area contributed by atoms with Gasteiger partial charge in [-0.3, -0.25) is 9.69 Å². The van der Waals surface area contributed by atoms with Crippen molar-refractivity contribution in [2.75, 3.05) is 19.6 Å². The summed E-state index contributed by atoms with van der Waals surface area (Å²) in [6.45, 7) is 7.72. The number of thiazole rings is 1. The number of carbonyl (C=O) groups excluding carboxylic acids is 1. The summed E-state index contributed by atoms with van der Waals surface area (Å²) < 4.78 is 0. The summed E-state index contributed by atoms with van der Waals surface area (Å²) in [5.41, 5.74) is 3.80. The summed E-state index contributed by atoms with van der Waals surface area (Å²) in [7, 11) is 0. The van der Waals surface area contributed by atoms with E-state index in [1.807, 2.05) is 18.7 Å². The summed E-state index contributed by atoms with van der Waals surface area (Å²) in [4.78, 5) is 22.6. The van der Waals surface area contributed by atoms with E-state index < -0.39 is 0 Å². The summed E-state index contributed by atoms with van der Waals surface area (Å²) in [5.74, 6) is 0.165. The van der Waals surface area contributed by atoms with Crippen LogP contribution >= 0.6 is 11.3 Å². The summed E-state index contributed by atoms with van der Waals surface area (Å²) in [6, 6.07) is 9.22. The SMILES string of the molecule is Cc1nc(C)c(C(=O)N2CCC(N3CCc4ccccc4C3)C2)s1. The topological polar surface area (TPSA) is 36.4 Å². The van der Waals surface area contributed by atoms with Crippen molar-refractivity contribution in [3.05, 3.63) is 51.0 Å². The third-order valence-electron chi connectivity index (χ3n) is 5.22. The van der Waals surface area contributed by atoms with Crippen molar-refractivity contribution in [1.29, 1.82) is 0 Å². The van der Waals surface area contributed by atoms with Crippen molar-refractivity contribution >= 4 is 17.2 Å². The number of rotatable bonds is 2. The normalized spacial score (nSPS) is 21.1. The molecule has 2 aliphatic heterocycles. The molecule has 3 heterocycles. The van der Waals surface area contributed by atoms with Gasteiger partial charge in [-0.1, -0.05) is 24.3 Å². The lowest BCUT2D eigenvalue weighted by molar-refractivity contribution is 0.0777. The largest absolute Gasteiger partial charge is 0.336 e. The Balaban J connectivity index is 1.44. The Labute approximate surface area is 147 Å². The van der Waals surface area contributed by atoms with Crippen molar-refractivity contribution in [3.63, 3.8) is 0 Å². The van der Waals surface area contributed by atoms with Gasteiger partial charge >= 0.3 is 0 Å². The second kappa shape index (κ2) is 6.30. The van der Waals surface area contributed by atoms with Gasteiger partial charge in [0.05, 0.1) is 10.7 Å². The van der Waals surface area contributed by atoms with Crippen LogP contribution in [0.4, 0.5) is 0 Å². The number of aryl methyl sites for hydroxylation is 2. The van der Waals surface area contributed by atoms with E-state index in [0.29, 0.717) is 6.04 Å². The van der Waals surface area contributed by atoms with Gasteiger partial charge < -0.3 is 4.90 Å². The number of aromatic nitrogens is 1. The molecule has 1 aromatic carbocycles. The number of hydrogen-bond donors (Lipinski definition) is 0. The second-order valence-electron chi connectivity index (χ2n) is 6.83. The van der Waals surface area contributed by atoms with Crippen molar-refractivity contribution < 1.29 is 4.79 Å². The van der Waals surface area contributed by atoms with E-state index in [-0.39, 0.29) is 5.91 Å². The first-order chi connectivity index (χ1) is 11.6.